The van der Waals surface area contributed by atoms with E-state index in [0.29, 0.717) is 0 Å². The topological polar surface area (TPSA) is 25.6 Å². The number of benzene rings is 7. The van der Waals surface area contributed by atoms with E-state index in [1.54, 1.807) is 0 Å². The molecule has 222 valence electrons. The van der Waals surface area contributed by atoms with E-state index < -0.39 is 8.07 Å². The first-order valence-corrected chi connectivity index (χ1v) is 18.7. The van der Waals surface area contributed by atoms with Gasteiger partial charge in [-0.05, 0) is 87.5 Å². The lowest BCUT2D eigenvalue weighted by Crippen LogP contribution is -2.77. The van der Waals surface area contributed by atoms with Crippen molar-refractivity contribution in [2.24, 2.45) is 0 Å². The highest BCUT2D eigenvalue weighted by Crippen LogP contribution is 2.42. The van der Waals surface area contributed by atoms with E-state index in [1.807, 2.05) is 23.9 Å². The van der Waals surface area contributed by atoms with Crippen molar-refractivity contribution in [2.45, 2.75) is 9.79 Å². The maximum atomic E-state index is 6.77. The van der Waals surface area contributed by atoms with Crippen molar-refractivity contribution < 1.29 is 9.15 Å². The molecule has 0 fully saturated rings. The molecule has 47 heavy (non-hydrogen) atoms. The smallest absolute Gasteiger partial charge is 0.190 e. The van der Waals surface area contributed by atoms with E-state index >= 15 is 0 Å². The molecule has 0 atom stereocenters. The van der Waals surface area contributed by atoms with Crippen LogP contribution in [0.25, 0.3) is 21.9 Å². The Hall–Kier alpha value is -5.49. The summed E-state index contributed by atoms with van der Waals surface area (Å²) in [4.78, 5) is 4.98. The maximum Gasteiger partial charge on any atom is 0.190 e. The van der Waals surface area contributed by atoms with Crippen LogP contribution in [0.15, 0.2) is 178 Å². The standard InChI is InChI=1S/C42H27NO2SSi/c1-2-12-28(13-3-1)43(29-22-24-32-31-14-4-5-15-33(31)44-36(32)26-29)30-23-25-35-42(27-30)47(39-19-9-6-16-34(39)45-35)40-20-10-7-17-37(40)46-38-18-8-11-21-41(38)47/h1-27H. The lowest BCUT2D eigenvalue weighted by Gasteiger charge is -2.43. The molecule has 2 aliphatic heterocycles. The monoisotopic (exact) mass is 637 g/mol. The van der Waals surface area contributed by atoms with E-state index in [0.717, 1.165) is 50.5 Å². The molecule has 3 heterocycles. The van der Waals surface area contributed by atoms with Crippen LogP contribution in [0.3, 0.4) is 0 Å². The van der Waals surface area contributed by atoms with Crippen LogP contribution in [-0.2, 0) is 0 Å². The Morgan fingerprint density at radius 1 is 0.426 bits per heavy atom. The van der Waals surface area contributed by atoms with Crippen LogP contribution in [0.4, 0.5) is 17.1 Å². The number of hydrogen-bond donors (Lipinski definition) is 0. The minimum absolute atomic E-state index is 0.873. The Labute approximate surface area is 277 Å². The molecular weight excluding hydrogens is 611 g/mol. The SMILES string of the molecule is c1ccc(N(c2ccc3c(c2)[Si]2(c4ccccc4O3)c3ccccc3Sc3ccccc32)c2ccc3c(c2)oc2ccccc23)cc1. The molecule has 1 spiro atoms. The molecule has 0 aliphatic carbocycles. The van der Waals surface area contributed by atoms with Gasteiger partial charge in [-0.1, -0.05) is 103 Å². The Bertz CT molecular complexity index is 2400. The third kappa shape index (κ3) is 3.87. The summed E-state index contributed by atoms with van der Waals surface area (Å²) in [6, 6.07) is 58.9. The Balaban J connectivity index is 1.26. The van der Waals surface area contributed by atoms with Gasteiger partial charge in [-0.15, -0.1) is 0 Å². The second-order valence-corrected chi connectivity index (χ2v) is 16.8. The van der Waals surface area contributed by atoms with E-state index in [4.69, 9.17) is 9.15 Å². The first kappa shape index (κ1) is 26.7. The summed E-state index contributed by atoms with van der Waals surface area (Å²) in [5.74, 6) is 1.88. The van der Waals surface area contributed by atoms with Gasteiger partial charge < -0.3 is 14.1 Å². The van der Waals surface area contributed by atoms with Crippen molar-refractivity contribution in [2.75, 3.05) is 4.90 Å². The van der Waals surface area contributed by atoms with E-state index in [1.165, 1.54) is 30.5 Å². The van der Waals surface area contributed by atoms with Crippen LogP contribution in [0.2, 0.25) is 0 Å². The highest BCUT2D eigenvalue weighted by atomic mass is 32.2. The Morgan fingerprint density at radius 2 is 1.02 bits per heavy atom. The molecule has 0 radical (unpaired) electrons. The van der Waals surface area contributed by atoms with Gasteiger partial charge in [-0.25, -0.2) is 0 Å². The molecule has 8 aromatic rings. The summed E-state index contributed by atoms with van der Waals surface area (Å²) in [6.07, 6.45) is 0. The highest BCUT2D eigenvalue weighted by molar-refractivity contribution is 8.00. The average Bonchev–Trinajstić information content (AvgIpc) is 3.50. The fraction of sp³-hybridized carbons (Fsp3) is 0. The summed E-state index contributed by atoms with van der Waals surface area (Å²) in [5.41, 5.74) is 4.97. The highest BCUT2D eigenvalue weighted by Gasteiger charge is 2.52. The summed E-state index contributed by atoms with van der Waals surface area (Å²) in [5, 5.41) is 7.62. The van der Waals surface area contributed by atoms with Gasteiger partial charge in [0.05, 0.1) is 0 Å². The number of ether oxygens (including phenoxy) is 1. The van der Waals surface area contributed by atoms with Gasteiger partial charge in [0.15, 0.2) is 8.07 Å². The van der Waals surface area contributed by atoms with Gasteiger partial charge in [0.1, 0.15) is 22.7 Å². The van der Waals surface area contributed by atoms with Gasteiger partial charge in [-0.3, -0.25) is 0 Å². The summed E-state index contributed by atoms with van der Waals surface area (Å²) in [6.45, 7) is 0. The van der Waals surface area contributed by atoms with Crippen molar-refractivity contribution in [1.82, 2.24) is 0 Å². The largest absolute Gasteiger partial charge is 0.458 e. The van der Waals surface area contributed by atoms with Gasteiger partial charge in [0, 0.05) is 43.7 Å². The predicted molar refractivity (Wildman–Crippen MR) is 196 cm³/mol. The van der Waals surface area contributed by atoms with Crippen molar-refractivity contribution in [3.63, 3.8) is 0 Å². The van der Waals surface area contributed by atoms with Crippen molar-refractivity contribution in [3.8, 4) is 11.5 Å². The second-order valence-electron chi connectivity index (χ2n) is 12.1. The summed E-state index contributed by atoms with van der Waals surface area (Å²) >= 11 is 1.88. The normalized spacial score (nSPS) is 13.8. The zero-order valence-electron chi connectivity index (χ0n) is 25.3. The van der Waals surface area contributed by atoms with Gasteiger partial charge in [0.2, 0.25) is 0 Å². The minimum Gasteiger partial charge on any atom is -0.458 e. The Morgan fingerprint density at radius 3 is 1.83 bits per heavy atom. The van der Waals surface area contributed by atoms with Crippen LogP contribution in [0, 0.1) is 0 Å². The molecule has 0 saturated carbocycles. The zero-order valence-corrected chi connectivity index (χ0v) is 27.1. The van der Waals surface area contributed by atoms with Crippen LogP contribution in [0.5, 0.6) is 11.5 Å². The molecule has 1 aromatic heterocycles. The van der Waals surface area contributed by atoms with Crippen LogP contribution >= 0.6 is 11.8 Å². The second kappa shape index (κ2) is 10.3. The number of anilines is 3. The predicted octanol–water partition coefficient (Wildman–Crippen LogP) is 9.00. The minimum atomic E-state index is -2.79. The van der Waals surface area contributed by atoms with Crippen LogP contribution < -0.4 is 30.4 Å². The number of para-hydroxylation sites is 3. The van der Waals surface area contributed by atoms with E-state index in [2.05, 4.69) is 157 Å². The first-order valence-electron chi connectivity index (χ1n) is 15.8. The van der Waals surface area contributed by atoms with Crippen LogP contribution in [-0.4, -0.2) is 8.07 Å². The number of rotatable bonds is 3. The molecule has 0 saturated heterocycles. The van der Waals surface area contributed by atoms with Crippen molar-refractivity contribution >= 4 is 79.6 Å². The van der Waals surface area contributed by atoms with Crippen molar-refractivity contribution in [1.29, 1.82) is 0 Å². The molecule has 0 N–H and O–H groups in total. The summed E-state index contributed by atoms with van der Waals surface area (Å²) < 4.78 is 13.1. The fourth-order valence-electron chi connectivity index (χ4n) is 7.62. The van der Waals surface area contributed by atoms with E-state index in [9.17, 15) is 0 Å². The fourth-order valence-corrected chi connectivity index (χ4v) is 14.8. The van der Waals surface area contributed by atoms with E-state index in [-0.39, 0.29) is 0 Å². The van der Waals surface area contributed by atoms with Gasteiger partial charge >= 0.3 is 0 Å². The third-order valence-corrected chi connectivity index (χ3v) is 16.0. The molecule has 0 bridgehead atoms. The van der Waals surface area contributed by atoms with Crippen molar-refractivity contribution in [3.05, 3.63) is 164 Å². The maximum absolute atomic E-state index is 6.77. The molecule has 10 rings (SSSR count). The third-order valence-electron chi connectivity index (χ3n) is 9.57. The lowest BCUT2D eigenvalue weighted by atomic mass is 10.1. The molecule has 0 unspecified atom stereocenters. The lowest BCUT2D eigenvalue weighted by molar-refractivity contribution is 0.487. The quantitative estimate of drug-likeness (QED) is 0.181. The summed E-state index contributed by atoms with van der Waals surface area (Å²) in [7, 11) is -2.79. The number of furan rings is 1. The average molecular weight is 638 g/mol. The molecule has 7 aromatic carbocycles. The van der Waals surface area contributed by atoms with Gasteiger partial charge in [-0.2, -0.15) is 0 Å². The molecule has 2 aliphatic rings. The van der Waals surface area contributed by atoms with Gasteiger partial charge in [0.25, 0.3) is 0 Å². The number of hydrogen-bond acceptors (Lipinski definition) is 4. The number of nitrogens with zero attached hydrogens (tertiary/aromatic N) is 1. The number of fused-ring (bicyclic) bond motifs is 11. The van der Waals surface area contributed by atoms with Crippen LogP contribution in [0.1, 0.15) is 0 Å². The Kier molecular flexibility index (Phi) is 5.83. The molecule has 0 amide bonds. The molecule has 3 nitrogen and oxygen atoms in total. The molecule has 5 heteroatoms. The first-order chi connectivity index (χ1) is 23.3. The molecular formula is C42H27NO2SSi. The zero-order chi connectivity index (χ0) is 31.0.